The molecule has 3 N–H and O–H groups in total. The van der Waals surface area contributed by atoms with Gasteiger partial charge in [0, 0.05) is 6.42 Å². The zero-order valence-corrected chi connectivity index (χ0v) is 49.1. The normalized spacial score (nSPS) is 14.3. The molecule has 0 fully saturated rings. The maximum absolute atomic E-state index is 12.9. The van der Waals surface area contributed by atoms with Crippen molar-refractivity contribution < 1.29 is 32.9 Å². The van der Waals surface area contributed by atoms with Gasteiger partial charge in [0.2, 0.25) is 5.91 Å². The van der Waals surface area contributed by atoms with Gasteiger partial charge in [-0.05, 0) is 57.8 Å². The molecule has 0 radical (unpaired) electrons. The van der Waals surface area contributed by atoms with Gasteiger partial charge in [0.15, 0.2) is 0 Å². The van der Waals surface area contributed by atoms with Crippen LogP contribution in [0.2, 0.25) is 0 Å². The molecule has 9 heteroatoms. The van der Waals surface area contributed by atoms with Crippen LogP contribution in [0.5, 0.6) is 0 Å². The first kappa shape index (κ1) is 70.2. The molecule has 8 nitrogen and oxygen atoms in total. The topological polar surface area (TPSA) is 105 Å². The summed E-state index contributed by atoms with van der Waals surface area (Å²) in [6.45, 7) is 4.71. The van der Waals surface area contributed by atoms with Gasteiger partial charge >= 0.3 is 7.82 Å². The molecule has 0 spiro atoms. The highest BCUT2D eigenvalue weighted by atomic mass is 31.2. The molecule has 0 aromatic heterocycles. The van der Waals surface area contributed by atoms with E-state index >= 15 is 0 Å². The molecule has 3 unspecified atom stereocenters. The van der Waals surface area contributed by atoms with Crippen molar-refractivity contribution in [2.75, 3.05) is 40.9 Å². The van der Waals surface area contributed by atoms with E-state index in [1.807, 2.05) is 27.2 Å². The van der Waals surface area contributed by atoms with Crippen LogP contribution in [-0.4, -0.2) is 73.4 Å². The predicted molar refractivity (Wildman–Crippen MR) is 314 cm³/mol. The molecular weight excluding hydrogens is 912 g/mol. The summed E-state index contributed by atoms with van der Waals surface area (Å²) in [6.07, 6.45) is 73.6. The Morgan fingerprint density at radius 3 is 1.22 bits per heavy atom. The summed E-state index contributed by atoms with van der Waals surface area (Å²) in [4.78, 5) is 23.2. The fourth-order valence-electron chi connectivity index (χ4n) is 8.98. The number of nitrogens with zero attached hydrogens (tertiary/aromatic N) is 1. The Balaban J connectivity index is 3.84. The molecular formula is C63H120N2O6P+. The Morgan fingerprint density at radius 2 is 0.833 bits per heavy atom. The molecule has 0 aromatic rings. The highest BCUT2D eigenvalue weighted by Crippen LogP contribution is 2.43. The van der Waals surface area contributed by atoms with E-state index in [1.165, 1.54) is 199 Å². The Labute approximate surface area is 447 Å². The number of phosphoric ester groups is 1. The van der Waals surface area contributed by atoms with E-state index in [0.717, 1.165) is 64.2 Å². The first-order chi connectivity index (χ1) is 35.0. The van der Waals surface area contributed by atoms with Crippen LogP contribution in [0.1, 0.15) is 284 Å². The summed E-state index contributed by atoms with van der Waals surface area (Å²) in [6, 6.07) is -0.844. The van der Waals surface area contributed by atoms with Crippen LogP contribution in [0.3, 0.4) is 0 Å². The lowest BCUT2D eigenvalue weighted by Crippen LogP contribution is -2.45. The molecule has 0 aliphatic carbocycles. The summed E-state index contributed by atoms with van der Waals surface area (Å²) in [5, 5.41) is 13.9. The Kier molecular flexibility index (Phi) is 52.7. The van der Waals surface area contributed by atoms with Gasteiger partial charge in [0.25, 0.3) is 0 Å². The van der Waals surface area contributed by atoms with E-state index in [1.54, 1.807) is 6.08 Å². The van der Waals surface area contributed by atoms with Gasteiger partial charge in [0.05, 0.1) is 39.9 Å². The number of aliphatic hydroxyl groups excluding tert-OH is 1. The second kappa shape index (κ2) is 54.0. The van der Waals surface area contributed by atoms with Crippen molar-refractivity contribution in [3.63, 3.8) is 0 Å². The van der Waals surface area contributed by atoms with E-state index in [0.29, 0.717) is 17.4 Å². The first-order valence-electron chi connectivity index (χ1n) is 30.7. The minimum absolute atomic E-state index is 0.0625. The number of allylic oxidation sites excluding steroid dienone is 9. The van der Waals surface area contributed by atoms with Crippen LogP contribution in [0.4, 0.5) is 0 Å². The third kappa shape index (κ3) is 55.9. The molecule has 1 amide bonds. The minimum Gasteiger partial charge on any atom is -0.387 e. The molecule has 72 heavy (non-hydrogen) atoms. The molecule has 0 aromatic carbocycles. The summed E-state index contributed by atoms with van der Waals surface area (Å²) in [5.74, 6) is -0.174. The summed E-state index contributed by atoms with van der Waals surface area (Å²) in [5.41, 5.74) is 0. The molecule has 0 saturated heterocycles. The standard InChI is InChI=1S/C63H119N2O6P/c1-6-8-10-12-14-16-18-19-20-21-22-23-24-25-26-27-28-29-30-31-32-33-34-35-36-37-38-39-40-41-42-43-44-45-47-49-51-53-55-57-63(67)64-61(60-71-72(68,69)70-59-58-65(3,4)5)62(66)56-54-52-50-48-46-17-15-13-11-9-7-2/h8,10,14,16,19-20,22-23,54,56,61-62,66H,6-7,9,11-13,15,17-18,21,24-53,55,57-60H2,1-5H3,(H-,64,67,68,69)/p+1/b10-8-,16-14-,20-19-,23-22-,56-54+. The summed E-state index contributed by atoms with van der Waals surface area (Å²) >= 11 is 0. The molecule has 0 rings (SSSR count). The van der Waals surface area contributed by atoms with E-state index in [9.17, 15) is 19.4 Å². The number of hydrogen-bond donors (Lipinski definition) is 3. The average molecular weight is 1030 g/mol. The number of hydrogen-bond acceptors (Lipinski definition) is 5. The smallest absolute Gasteiger partial charge is 0.387 e. The van der Waals surface area contributed by atoms with Crippen molar-refractivity contribution in [1.82, 2.24) is 5.32 Å². The fraction of sp³-hybridized carbons (Fsp3) is 0.825. The largest absolute Gasteiger partial charge is 0.472 e. The molecule has 3 atom stereocenters. The van der Waals surface area contributed by atoms with Gasteiger partial charge < -0.3 is 19.8 Å². The molecule has 0 heterocycles. The number of likely N-dealkylation sites (N-methyl/N-ethyl adjacent to an activating group) is 1. The van der Waals surface area contributed by atoms with Crippen molar-refractivity contribution in [1.29, 1.82) is 0 Å². The van der Waals surface area contributed by atoms with Gasteiger partial charge in [0.1, 0.15) is 13.2 Å². The van der Waals surface area contributed by atoms with Crippen molar-refractivity contribution >= 4 is 13.7 Å². The number of quaternary nitrogens is 1. The molecule has 0 aliphatic heterocycles. The summed E-state index contributed by atoms with van der Waals surface area (Å²) in [7, 11) is 1.58. The maximum Gasteiger partial charge on any atom is 0.472 e. The highest BCUT2D eigenvalue weighted by Gasteiger charge is 2.27. The number of nitrogens with one attached hydrogen (secondary N) is 1. The van der Waals surface area contributed by atoms with Gasteiger partial charge in [-0.3, -0.25) is 13.8 Å². The third-order valence-electron chi connectivity index (χ3n) is 13.7. The van der Waals surface area contributed by atoms with Crippen LogP contribution < -0.4 is 5.32 Å². The van der Waals surface area contributed by atoms with Crippen LogP contribution in [0.15, 0.2) is 60.8 Å². The van der Waals surface area contributed by atoms with Gasteiger partial charge in [-0.2, -0.15) is 0 Å². The lowest BCUT2D eigenvalue weighted by molar-refractivity contribution is -0.870. The monoisotopic (exact) mass is 1030 g/mol. The third-order valence-corrected chi connectivity index (χ3v) is 14.7. The Bertz CT molecular complexity index is 1360. The summed E-state index contributed by atoms with van der Waals surface area (Å²) < 4.78 is 23.6. The predicted octanol–water partition coefficient (Wildman–Crippen LogP) is 18.9. The van der Waals surface area contributed by atoms with Crippen molar-refractivity contribution in [3.05, 3.63) is 60.8 Å². The second-order valence-corrected chi connectivity index (χ2v) is 23.5. The number of amides is 1. The maximum atomic E-state index is 12.9. The van der Waals surface area contributed by atoms with E-state index in [4.69, 9.17) is 9.05 Å². The Hall–Kier alpha value is -1.80. The number of phosphoric acid groups is 1. The number of unbranched alkanes of at least 4 members (excludes halogenated alkanes) is 35. The highest BCUT2D eigenvalue weighted by molar-refractivity contribution is 7.47. The second-order valence-electron chi connectivity index (χ2n) is 22.1. The van der Waals surface area contributed by atoms with Gasteiger partial charge in [-0.25, -0.2) is 4.57 Å². The average Bonchev–Trinajstić information content (AvgIpc) is 3.34. The SMILES string of the molecule is CC/C=C\C/C=C\C/C=C\C/C=C\CCCCCCCCCCCCCCCCCCCCCCCCCCCCC(=O)NC(COP(=O)(O)OCC[N+](C)(C)C)C(O)/C=C/CCCCCCCCCCC. The lowest BCUT2D eigenvalue weighted by Gasteiger charge is -2.25. The van der Waals surface area contributed by atoms with Crippen molar-refractivity contribution in [2.45, 2.75) is 296 Å². The fourth-order valence-corrected chi connectivity index (χ4v) is 9.71. The number of carbonyl (C=O) groups excluding carboxylic acids is 1. The van der Waals surface area contributed by atoms with Crippen LogP contribution in [-0.2, 0) is 18.4 Å². The van der Waals surface area contributed by atoms with Gasteiger partial charge in [-0.1, -0.05) is 280 Å². The molecule has 0 saturated carbocycles. The van der Waals surface area contributed by atoms with Crippen molar-refractivity contribution in [3.8, 4) is 0 Å². The minimum atomic E-state index is -4.34. The van der Waals surface area contributed by atoms with E-state index in [-0.39, 0.29) is 19.1 Å². The molecule has 0 aliphatic rings. The quantitative estimate of drug-likeness (QED) is 0.0243. The van der Waals surface area contributed by atoms with Crippen LogP contribution in [0, 0.1) is 0 Å². The van der Waals surface area contributed by atoms with Crippen LogP contribution >= 0.6 is 7.82 Å². The van der Waals surface area contributed by atoms with E-state index < -0.39 is 20.0 Å². The molecule has 422 valence electrons. The zero-order chi connectivity index (χ0) is 52.7. The number of rotatable bonds is 56. The van der Waals surface area contributed by atoms with Crippen LogP contribution in [0.25, 0.3) is 0 Å². The Morgan fingerprint density at radius 1 is 0.486 bits per heavy atom. The first-order valence-corrected chi connectivity index (χ1v) is 32.2. The van der Waals surface area contributed by atoms with Crippen molar-refractivity contribution in [2.24, 2.45) is 0 Å². The zero-order valence-electron chi connectivity index (χ0n) is 48.2. The van der Waals surface area contributed by atoms with E-state index in [2.05, 4.69) is 67.8 Å². The number of carbonyl (C=O) groups is 1. The molecule has 0 bridgehead atoms. The van der Waals surface area contributed by atoms with Gasteiger partial charge in [-0.15, -0.1) is 0 Å². The number of aliphatic hydroxyl groups is 1. The lowest BCUT2D eigenvalue weighted by atomic mass is 10.0.